The summed E-state index contributed by atoms with van der Waals surface area (Å²) in [6, 6.07) is 44.9. The first kappa shape index (κ1) is 97.5. The summed E-state index contributed by atoms with van der Waals surface area (Å²) in [5.74, 6) is 4.82. The van der Waals surface area contributed by atoms with Crippen LogP contribution in [0.1, 0.15) is 44.5 Å². The van der Waals surface area contributed by atoms with Crippen molar-refractivity contribution < 1.29 is 162 Å². The minimum Gasteiger partial charge on any atom is -0.0620 e. The van der Waals surface area contributed by atoms with Crippen LogP contribution in [0.15, 0.2) is 237 Å². The molecule has 0 aliphatic heterocycles. The summed E-state index contributed by atoms with van der Waals surface area (Å²) in [4.78, 5) is 0. The molecule has 124 heavy (non-hydrogen) atoms. The van der Waals surface area contributed by atoms with Gasteiger partial charge in [-0.1, -0.05) is 103 Å². The summed E-state index contributed by atoms with van der Waals surface area (Å²) in [6.45, 7) is 7.90. The number of hydrogen-bond donors (Lipinski definition) is 0. The van der Waals surface area contributed by atoms with E-state index in [-0.39, 0.29) is 0 Å². The van der Waals surface area contributed by atoms with E-state index >= 15 is 0 Å². The molecule has 0 aromatic heterocycles. The molecule has 12 nitrogen and oxygen atoms in total. The monoisotopic (exact) mass is 1850 g/mol. The van der Waals surface area contributed by atoms with Crippen LogP contribution in [0.25, 0.3) is 0 Å². The van der Waals surface area contributed by atoms with E-state index in [9.17, 15) is 105 Å². The Morgan fingerprint density at radius 1 is 0.185 bits per heavy atom. The Bertz CT molecular complexity index is 4270. The van der Waals surface area contributed by atoms with Gasteiger partial charge in [-0.3, -0.25) is 0 Å². The summed E-state index contributed by atoms with van der Waals surface area (Å²) in [5.41, 5.74) is -30.2. The number of benzene rings is 10. The molecule has 0 radical (unpaired) electrons. The van der Waals surface area contributed by atoms with Gasteiger partial charge in [0.25, 0.3) is 0 Å². The second kappa shape index (κ2) is 44.0. The van der Waals surface area contributed by atoms with Gasteiger partial charge in [0.1, 0.15) is 23.4 Å². The zero-order chi connectivity index (χ0) is 90.0. The van der Waals surface area contributed by atoms with Gasteiger partial charge in [0.05, 0.1) is 44.5 Å². The number of para-hydroxylation sites is 6. The van der Waals surface area contributed by atoms with E-state index in [0.29, 0.717) is 119 Å². The van der Waals surface area contributed by atoms with E-state index < -0.39 is 209 Å². The van der Waals surface area contributed by atoms with Crippen LogP contribution in [0.3, 0.4) is 0 Å². The van der Waals surface area contributed by atoms with E-state index in [1.807, 2.05) is 127 Å². The fourth-order valence-corrected chi connectivity index (χ4v) is 17.4. The van der Waals surface area contributed by atoms with Crippen molar-refractivity contribution in [3.8, 4) is 34.5 Å². The molecule has 0 aliphatic carbocycles. The molecule has 0 atom stereocenters. The van der Waals surface area contributed by atoms with Crippen LogP contribution in [0, 0.1) is 0 Å². The molecule has 0 aliphatic rings. The first-order valence-electron chi connectivity index (χ1n) is 37.4. The third-order valence-electron chi connectivity index (χ3n) is 17.9. The molecule has 0 saturated carbocycles. The Morgan fingerprint density at radius 3 is 0.532 bits per heavy atom. The number of ether oxygens (including phenoxy) is 12. The molecule has 10 rings (SSSR count). The second-order valence-electron chi connectivity index (χ2n) is 26.6. The fraction of sp³-hybridized carbons (Fsp3) is 0.302. The molecular formula is C86H75BF24O12Se. The third-order valence-corrected chi connectivity index (χ3v) is 22.8. The van der Waals surface area contributed by atoms with Gasteiger partial charge in [-0.2, -0.15) is 127 Å². The summed E-state index contributed by atoms with van der Waals surface area (Å²) in [5, 5.41) is 0. The predicted molar refractivity (Wildman–Crippen MR) is 411 cm³/mol. The SMILES string of the molecule is FC(F)(F)c1cc([B-](c2cc(C(F)(F)F)cc(C(F)(F)F)c2)(c2cc(C(F)(F)F)cc(C(F)(F)F)c2)c2cc(C(F)(F)F)cc(C(F)(F)F)c2)cc(C(F)(F)F)c1.c1ccc(OCCOCCOCCOc2ccccc2[Se+](c2ccccc2OCCOCCOCCOc2ccccc2)c2ccccc2OCCOCCOCCOc2ccccc2)cc1. The topological polar surface area (TPSA) is 111 Å². The van der Waals surface area contributed by atoms with Crippen molar-refractivity contribution >= 4 is 55.3 Å². The molecule has 0 saturated heterocycles. The van der Waals surface area contributed by atoms with Crippen LogP contribution >= 0.6 is 0 Å². The van der Waals surface area contributed by atoms with Crippen LogP contribution in [0.2, 0.25) is 0 Å². The smallest absolute Gasteiger partial charge is 0.0620 e. The van der Waals surface area contributed by atoms with Crippen LogP contribution in [0.4, 0.5) is 105 Å². The summed E-state index contributed by atoms with van der Waals surface area (Å²) < 4.78 is 415. The van der Waals surface area contributed by atoms with Crippen molar-refractivity contribution in [3.05, 3.63) is 281 Å². The van der Waals surface area contributed by atoms with Gasteiger partial charge < -0.3 is 0 Å². The number of hydrogen-bond acceptors (Lipinski definition) is 12. The van der Waals surface area contributed by atoms with Crippen LogP contribution < -0.4 is 63.7 Å². The first-order valence-corrected chi connectivity index (χ1v) is 39.9. The predicted octanol–water partition coefficient (Wildman–Crippen LogP) is 17.9. The Labute approximate surface area is 698 Å². The van der Waals surface area contributed by atoms with Gasteiger partial charge >= 0.3 is 343 Å². The summed E-state index contributed by atoms with van der Waals surface area (Å²) in [6.07, 6.45) is -54.8. The second-order valence-corrected chi connectivity index (χ2v) is 30.6. The van der Waals surface area contributed by atoms with E-state index in [1.165, 1.54) is 0 Å². The summed E-state index contributed by atoms with van der Waals surface area (Å²) in [7, 11) is 0. The van der Waals surface area contributed by atoms with Gasteiger partial charge in [0.15, 0.2) is 0 Å². The number of halogens is 24. The Kier molecular flexibility index (Phi) is 34.6. The van der Waals surface area contributed by atoms with Crippen LogP contribution in [-0.2, 0) is 77.8 Å². The molecule has 10 aromatic carbocycles. The average Bonchev–Trinajstić information content (AvgIpc) is 0.705. The molecule has 0 heterocycles. The van der Waals surface area contributed by atoms with Crippen molar-refractivity contribution in [2.75, 3.05) is 119 Å². The molecule has 0 amide bonds. The van der Waals surface area contributed by atoms with Gasteiger partial charge in [-0.25, -0.2) is 0 Å². The quantitative estimate of drug-likeness (QED) is 0.0207. The minimum absolute atomic E-state index is 0.367. The van der Waals surface area contributed by atoms with E-state index in [0.717, 1.165) is 47.9 Å². The standard InChI is InChI=1S/C54H63O12Se.C32H12BF24/c1-4-16-46(17-5-1)61-40-34-55-28-31-58-37-43-64-49-22-10-13-25-52(49)67(53-26-14-11-23-50(53)65-44-38-59-32-29-56-35-41-62-47-18-6-2-7-19-47)54-27-15-12-24-51(54)66-45-39-60-33-30-57-36-42-63-48-20-8-3-9-21-48;34-25(35,36)13-1-14(26(37,38)39)6-21(5-13)33(22-7-15(27(40,41)42)2-16(8-22)28(43,44)45,23-9-17(29(46,47)48)3-18(10-23)30(49,50)51)24-11-19(31(52,53)54)4-20(12-24)32(55,56)57/h1-27H,28-45H2;1-12H/q+1;-1. The first-order chi connectivity index (χ1) is 58.6. The van der Waals surface area contributed by atoms with Crippen LogP contribution in [-0.4, -0.2) is 139 Å². The fourth-order valence-electron chi connectivity index (χ4n) is 12.4. The third kappa shape index (κ3) is 28.9. The maximum absolute atomic E-state index is 14.2. The molecule has 0 fully saturated rings. The van der Waals surface area contributed by atoms with Gasteiger partial charge in [0, 0.05) is 0 Å². The maximum atomic E-state index is 14.2. The zero-order valence-corrected chi connectivity index (χ0v) is 66.4. The zero-order valence-electron chi connectivity index (χ0n) is 64.7. The van der Waals surface area contributed by atoms with Gasteiger partial charge in [-0.05, 0) is 60.7 Å². The van der Waals surface area contributed by atoms with Gasteiger partial charge in [-0.15, -0.1) is 0 Å². The molecule has 0 unspecified atom stereocenters. The number of alkyl halides is 24. The van der Waals surface area contributed by atoms with Crippen molar-refractivity contribution in [3.63, 3.8) is 0 Å². The van der Waals surface area contributed by atoms with Crippen LogP contribution in [0.5, 0.6) is 34.5 Å². The molecule has 38 heteroatoms. The minimum atomic E-state index is -6.13. The van der Waals surface area contributed by atoms with E-state index in [2.05, 4.69) is 36.4 Å². The van der Waals surface area contributed by atoms with Crippen molar-refractivity contribution in [1.29, 1.82) is 0 Å². The van der Waals surface area contributed by atoms with E-state index in [1.54, 1.807) is 0 Å². The molecule has 668 valence electrons. The molecule has 0 N–H and O–H groups in total. The van der Waals surface area contributed by atoms with Crippen molar-refractivity contribution in [2.24, 2.45) is 0 Å². The van der Waals surface area contributed by atoms with E-state index in [4.69, 9.17) is 56.8 Å². The average molecular weight is 1850 g/mol. The summed E-state index contributed by atoms with van der Waals surface area (Å²) >= 11 is -2.13. The Balaban J connectivity index is 0.000000285. The molecule has 10 aromatic rings. The Hall–Kier alpha value is -10.3. The number of rotatable bonds is 40. The molecule has 0 bridgehead atoms. The molecule has 0 spiro atoms. The van der Waals surface area contributed by atoms with Crippen molar-refractivity contribution in [1.82, 2.24) is 0 Å². The normalized spacial score (nSPS) is 12.6. The van der Waals surface area contributed by atoms with Crippen molar-refractivity contribution in [2.45, 2.75) is 49.4 Å². The molecular weight excluding hydrogens is 1770 g/mol. The van der Waals surface area contributed by atoms with Gasteiger partial charge in [0.2, 0.25) is 0 Å². The Morgan fingerprint density at radius 2 is 0.347 bits per heavy atom.